The zero-order valence-electron chi connectivity index (χ0n) is 12.5. The predicted octanol–water partition coefficient (Wildman–Crippen LogP) is 3.73. The molecule has 3 rings (SSSR count). The molecule has 0 unspecified atom stereocenters. The third-order valence-electron chi connectivity index (χ3n) is 4.33. The van der Waals surface area contributed by atoms with Crippen LogP contribution in [0.15, 0.2) is 24.3 Å². The lowest BCUT2D eigenvalue weighted by molar-refractivity contribution is 0.622. The minimum atomic E-state index is 0.497. The van der Waals surface area contributed by atoms with Crippen LogP contribution < -0.4 is 5.73 Å². The van der Waals surface area contributed by atoms with Crippen LogP contribution in [-0.2, 0) is 6.54 Å². The lowest BCUT2D eigenvalue weighted by Gasteiger charge is -2.11. The maximum Gasteiger partial charge on any atom is 0.132 e. The van der Waals surface area contributed by atoms with Gasteiger partial charge in [0, 0.05) is 11.5 Å². The number of aromatic nitrogens is 2. The third kappa shape index (κ3) is 2.54. The number of hydrogen-bond donors (Lipinski definition) is 1. The average Bonchev–Trinajstić information content (AvgIpc) is 3.10. The first-order chi connectivity index (χ1) is 10.2. The predicted molar refractivity (Wildman–Crippen MR) is 86.9 cm³/mol. The zero-order chi connectivity index (χ0) is 14.8. The topological polar surface area (TPSA) is 43.8 Å². The van der Waals surface area contributed by atoms with Gasteiger partial charge >= 0.3 is 0 Å². The van der Waals surface area contributed by atoms with E-state index in [1.54, 1.807) is 0 Å². The molecule has 108 valence electrons. The van der Waals surface area contributed by atoms with E-state index in [0.717, 1.165) is 17.1 Å². The minimum Gasteiger partial charge on any atom is -0.383 e. The van der Waals surface area contributed by atoms with E-state index < -0.39 is 0 Å². The fourth-order valence-corrected chi connectivity index (χ4v) is 3.16. The standard InChI is InChI=1S/C18H21N3/c1-3-12-21-17(19)16(14-10-8-13(2)9-11-14)20-18(21)15-6-4-5-7-15/h1,8-11,15H,4-7,12,19H2,2H3. The smallest absolute Gasteiger partial charge is 0.132 e. The Bertz CT molecular complexity index is 668. The van der Waals surface area contributed by atoms with Gasteiger partial charge in [-0.05, 0) is 19.8 Å². The van der Waals surface area contributed by atoms with Gasteiger partial charge in [0.2, 0.25) is 0 Å². The summed E-state index contributed by atoms with van der Waals surface area (Å²) in [6, 6.07) is 8.33. The maximum absolute atomic E-state index is 6.33. The molecule has 0 amide bonds. The molecule has 21 heavy (non-hydrogen) atoms. The number of benzene rings is 1. The largest absolute Gasteiger partial charge is 0.383 e. The molecular weight excluding hydrogens is 258 g/mol. The van der Waals surface area contributed by atoms with Gasteiger partial charge in [0.25, 0.3) is 0 Å². The molecule has 1 fully saturated rings. The average molecular weight is 279 g/mol. The van der Waals surface area contributed by atoms with Gasteiger partial charge in [-0.1, -0.05) is 48.6 Å². The lowest BCUT2D eigenvalue weighted by Crippen LogP contribution is -2.09. The number of terminal acetylenes is 1. The van der Waals surface area contributed by atoms with Crippen LogP contribution in [0.2, 0.25) is 0 Å². The van der Waals surface area contributed by atoms with Crippen LogP contribution in [0.4, 0.5) is 5.82 Å². The number of imidazole rings is 1. The van der Waals surface area contributed by atoms with Crippen molar-refractivity contribution in [3.8, 4) is 23.6 Å². The van der Waals surface area contributed by atoms with Gasteiger partial charge in [0.05, 0.1) is 6.54 Å². The molecule has 1 aliphatic carbocycles. The van der Waals surface area contributed by atoms with Crippen LogP contribution in [0.5, 0.6) is 0 Å². The molecule has 1 saturated carbocycles. The molecule has 1 heterocycles. The first-order valence-electron chi connectivity index (χ1n) is 7.57. The Morgan fingerprint density at radius 3 is 2.57 bits per heavy atom. The summed E-state index contributed by atoms with van der Waals surface area (Å²) in [4.78, 5) is 4.85. The molecule has 0 atom stereocenters. The number of nitrogen functional groups attached to an aromatic ring is 1. The van der Waals surface area contributed by atoms with Crippen molar-refractivity contribution in [3.05, 3.63) is 35.7 Å². The molecule has 0 radical (unpaired) electrons. The van der Waals surface area contributed by atoms with E-state index in [-0.39, 0.29) is 0 Å². The van der Waals surface area contributed by atoms with E-state index in [9.17, 15) is 0 Å². The number of anilines is 1. The summed E-state index contributed by atoms with van der Waals surface area (Å²) in [6.45, 7) is 2.57. The Balaban J connectivity index is 2.07. The van der Waals surface area contributed by atoms with E-state index in [1.807, 2.05) is 4.57 Å². The van der Waals surface area contributed by atoms with Crippen LogP contribution in [0.1, 0.15) is 43.0 Å². The second-order valence-electron chi connectivity index (χ2n) is 5.84. The quantitative estimate of drug-likeness (QED) is 0.870. The SMILES string of the molecule is C#CCn1c(C2CCCC2)nc(-c2ccc(C)cc2)c1N. The van der Waals surface area contributed by atoms with Crippen molar-refractivity contribution in [1.82, 2.24) is 9.55 Å². The Morgan fingerprint density at radius 1 is 1.29 bits per heavy atom. The number of nitrogens with two attached hydrogens (primary N) is 1. The van der Waals surface area contributed by atoms with E-state index in [0.29, 0.717) is 18.3 Å². The van der Waals surface area contributed by atoms with Gasteiger partial charge in [0.1, 0.15) is 17.3 Å². The van der Waals surface area contributed by atoms with E-state index >= 15 is 0 Å². The second-order valence-corrected chi connectivity index (χ2v) is 5.84. The van der Waals surface area contributed by atoms with E-state index in [2.05, 4.69) is 37.1 Å². The maximum atomic E-state index is 6.33. The highest BCUT2D eigenvalue weighted by molar-refractivity contribution is 5.71. The highest BCUT2D eigenvalue weighted by Crippen LogP contribution is 2.37. The van der Waals surface area contributed by atoms with Crippen LogP contribution in [0.25, 0.3) is 11.3 Å². The number of aryl methyl sites for hydroxylation is 1. The van der Waals surface area contributed by atoms with Gasteiger partial charge in [-0.15, -0.1) is 6.42 Å². The molecule has 0 spiro atoms. The summed E-state index contributed by atoms with van der Waals surface area (Å²) >= 11 is 0. The van der Waals surface area contributed by atoms with Crippen molar-refractivity contribution in [2.45, 2.75) is 45.1 Å². The zero-order valence-corrected chi connectivity index (χ0v) is 12.5. The molecule has 0 saturated heterocycles. The van der Waals surface area contributed by atoms with Gasteiger partial charge in [0.15, 0.2) is 0 Å². The van der Waals surface area contributed by atoms with Crippen molar-refractivity contribution in [3.63, 3.8) is 0 Å². The first kappa shape index (κ1) is 13.8. The van der Waals surface area contributed by atoms with Crippen molar-refractivity contribution >= 4 is 5.82 Å². The first-order valence-corrected chi connectivity index (χ1v) is 7.57. The Hall–Kier alpha value is -2.21. The Labute approximate surface area is 126 Å². The Kier molecular flexibility index (Phi) is 3.70. The van der Waals surface area contributed by atoms with E-state index in [1.165, 1.54) is 31.2 Å². The molecule has 1 aromatic carbocycles. The van der Waals surface area contributed by atoms with Crippen molar-refractivity contribution < 1.29 is 0 Å². The molecule has 1 aromatic heterocycles. The summed E-state index contributed by atoms with van der Waals surface area (Å²) in [5.41, 5.74) is 9.50. The molecule has 3 heteroatoms. The highest BCUT2D eigenvalue weighted by Gasteiger charge is 2.25. The van der Waals surface area contributed by atoms with Crippen molar-refractivity contribution in [2.24, 2.45) is 0 Å². The summed E-state index contributed by atoms with van der Waals surface area (Å²) < 4.78 is 2.02. The van der Waals surface area contributed by atoms with Crippen LogP contribution in [0.3, 0.4) is 0 Å². The van der Waals surface area contributed by atoms with Crippen LogP contribution in [-0.4, -0.2) is 9.55 Å². The number of hydrogen-bond acceptors (Lipinski definition) is 2. The van der Waals surface area contributed by atoms with Gasteiger partial charge in [-0.25, -0.2) is 4.98 Å². The number of nitrogens with zero attached hydrogens (tertiary/aromatic N) is 2. The molecule has 2 N–H and O–H groups in total. The summed E-state index contributed by atoms with van der Waals surface area (Å²) in [7, 11) is 0. The minimum absolute atomic E-state index is 0.497. The Morgan fingerprint density at radius 2 is 1.95 bits per heavy atom. The van der Waals surface area contributed by atoms with Crippen molar-refractivity contribution in [1.29, 1.82) is 0 Å². The fraction of sp³-hybridized carbons (Fsp3) is 0.389. The molecule has 0 bridgehead atoms. The van der Waals surface area contributed by atoms with Gasteiger partial charge in [-0.3, -0.25) is 0 Å². The van der Waals surface area contributed by atoms with Crippen LogP contribution in [0, 0.1) is 19.3 Å². The molecule has 2 aromatic rings. The lowest BCUT2D eigenvalue weighted by atomic mass is 10.1. The normalized spacial score (nSPS) is 15.2. The fourth-order valence-electron chi connectivity index (χ4n) is 3.16. The molecule has 0 aliphatic heterocycles. The van der Waals surface area contributed by atoms with E-state index in [4.69, 9.17) is 17.1 Å². The highest BCUT2D eigenvalue weighted by atomic mass is 15.1. The number of rotatable bonds is 3. The second kappa shape index (κ2) is 5.65. The third-order valence-corrected chi connectivity index (χ3v) is 4.33. The van der Waals surface area contributed by atoms with Gasteiger partial charge in [-0.2, -0.15) is 0 Å². The molecular formula is C18H21N3. The van der Waals surface area contributed by atoms with Gasteiger partial charge < -0.3 is 10.3 Å². The molecule has 3 nitrogen and oxygen atoms in total. The summed E-state index contributed by atoms with van der Waals surface area (Å²) in [5, 5.41) is 0. The van der Waals surface area contributed by atoms with Crippen molar-refractivity contribution in [2.75, 3.05) is 5.73 Å². The molecule has 1 aliphatic rings. The van der Waals surface area contributed by atoms with Crippen LogP contribution >= 0.6 is 0 Å². The summed E-state index contributed by atoms with van der Waals surface area (Å²) in [5.74, 6) is 4.97. The monoisotopic (exact) mass is 279 g/mol. The summed E-state index contributed by atoms with van der Waals surface area (Å²) in [6.07, 6.45) is 10.4.